The van der Waals surface area contributed by atoms with Gasteiger partial charge in [-0.1, -0.05) is 189 Å². The number of benzene rings is 8. The first kappa shape index (κ1) is 39.8. The summed E-state index contributed by atoms with van der Waals surface area (Å²) in [6.45, 7) is 17.5. The summed E-state index contributed by atoms with van der Waals surface area (Å²) in [4.78, 5) is 5.00. The van der Waals surface area contributed by atoms with Gasteiger partial charge in [-0.25, -0.2) is 4.98 Å². The van der Waals surface area contributed by atoms with Gasteiger partial charge < -0.3 is 22.4 Å². The van der Waals surface area contributed by atoms with Crippen LogP contribution < -0.4 is 0 Å². The first-order valence-electron chi connectivity index (χ1n) is 31.9. The molecule has 0 unspecified atom stereocenters. The summed E-state index contributed by atoms with van der Waals surface area (Å²) in [6, 6.07) is 42.8. The van der Waals surface area contributed by atoms with Crippen LogP contribution in [-0.4, -0.2) is 18.5 Å². The molecule has 0 saturated heterocycles. The fourth-order valence-electron chi connectivity index (χ4n) is 11.2. The Labute approximate surface area is 486 Å². The Morgan fingerprint density at radius 2 is 1.44 bits per heavy atom. The van der Waals surface area contributed by atoms with Crippen LogP contribution in [0.2, 0.25) is 0 Å². The van der Waals surface area contributed by atoms with Gasteiger partial charge in [0.1, 0.15) is 16.8 Å². The Hall–Kier alpha value is -7.53. The van der Waals surface area contributed by atoms with Crippen LogP contribution in [0.15, 0.2) is 185 Å². The van der Waals surface area contributed by atoms with E-state index in [-0.39, 0.29) is 95.6 Å². The normalized spacial score (nSPS) is 16.6. The third kappa shape index (κ3) is 9.06. The Morgan fingerprint density at radius 3 is 2.22 bits per heavy atom. The summed E-state index contributed by atoms with van der Waals surface area (Å²) in [7, 11) is 0. The molecule has 10 bridgehead atoms. The van der Waals surface area contributed by atoms with Gasteiger partial charge in [0.15, 0.2) is 0 Å². The van der Waals surface area contributed by atoms with Gasteiger partial charge in [0, 0.05) is 66.5 Å². The maximum Gasteiger partial charge on any atom is 0.135 e. The zero-order valence-corrected chi connectivity index (χ0v) is 47.4. The zero-order chi connectivity index (χ0) is 62.6. The van der Waals surface area contributed by atoms with Crippen molar-refractivity contribution in [1.29, 1.82) is 0 Å². The van der Waals surface area contributed by atoms with Crippen LogP contribution >= 0.6 is 0 Å². The molecule has 1 aliphatic heterocycles. The van der Waals surface area contributed by atoms with Crippen molar-refractivity contribution in [3.63, 3.8) is 0 Å². The molecule has 78 heavy (non-hydrogen) atoms. The monoisotopic (exact) mass is 1210 g/mol. The number of imidazole rings is 1. The van der Waals surface area contributed by atoms with Crippen molar-refractivity contribution in [2.24, 2.45) is 11.3 Å². The molecule has 394 valence electrons. The minimum Gasteiger partial charge on any atom is -0.510 e. The third-order valence-corrected chi connectivity index (χ3v) is 15.0. The van der Waals surface area contributed by atoms with Crippen LogP contribution in [0.5, 0.6) is 0 Å². The van der Waals surface area contributed by atoms with E-state index in [9.17, 15) is 12.3 Å². The van der Waals surface area contributed by atoms with Crippen LogP contribution in [0.3, 0.4) is 0 Å². The van der Waals surface area contributed by atoms with Crippen molar-refractivity contribution in [3.8, 4) is 22.5 Å². The van der Waals surface area contributed by atoms with Crippen molar-refractivity contribution in [3.05, 3.63) is 211 Å². The standard InChI is InChI=1S/C71H65N4O2.Pt/c1-45(2)37-48-25-29-50-40-66(48)77-52-32-33-55-54-17-10-12-21-61(54)75(64(55)41-52)67-39-49(42-69(3,4)5)58(43-72-67)46-26-30-51(31-27-46)76-65-24-15-11-18-56(65)57-20-16-19-53(68(57)74-44-73(50)62-22-13-14-23-63(62)74)47-28-34-59-60(38-47)71(8,9)36-35-70(59,6)7;/h10-34,38-39,43-45H,35-37,42H2,1-9H3;/q-3;/i10D,12D,17D,21D,28D,34D,37D2,38D,42D2;. The molecular formula is C71H65N4O2Pt-3. The number of fused-ring (bicyclic) bond motifs is 6. The van der Waals surface area contributed by atoms with Crippen LogP contribution in [0.25, 0.3) is 105 Å². The minimum absolute atomic E-state index is 0. The van der Waals surface area contributed by atoms with Gasteiger partial charge in [-0.05, 0) is 127 Å². The average Bonchev–Trinajstić information content (AvgIpc) is 1.45. The van der Waals surface area contributed by atoms with Gasteiger partial charge in [-0.2, -0.15) is 24.3 Å². The summed E-state index contributed by atoms with van der Waals surface area (Å²) in [5, 5.41) is 3.08. The van der Waals surface area contributed by atoms with Crippen molar-refractivity contribution in [2.75, 3.05) is 0 Å². The maximum absolute atomic E-state index is 10.3. The first-order valence-corrected chi connectivity index (χ1v) is 26.4. The summed E-state index contributed by atoms with van der Waals surface area (Å²) in [5.41, 5.74) is 5.09. The van der Waals surface area contributed by atoms with E-state index in [2.05, 4.69) is 39.8 Å². The third-order valence-electron chi connectivity index (χ3n) is 15.0. The number of hydrogen-bond donors (Lipinski definition) is 0. The van der Waals surface area contributed by atoms with Crippen LogP contribution in [0, 0.1) is 23.5 Å². The van der Waals surface area contributed by atoms with Gasteiger partial charge in [0.2, 0.25) is 0 Å². The predicted molar refractivity (Wildman–Crippen MR) is 321 cm³/mol. The van der Waals surface area contributed by atoms with Gasteiger partial charge in [0.25, 0.3) is 0 Å². The van der Waals surface area contributed by atoms with Gasteiger partial charge in [-0.15, -0.1) is 28.6 Å². The minimum atomic E-state index is -2.02. The van der Waals surface area contributed by atoms with E-state index in [0.717, 1.165) is 35.3 Å². The molecule has 7 heteroatoms. The molecule has 0 spiro atoms. The first-order chi connectivity index (χ1) is 41.5. The van der Waals surface area contributed by atoms with Gasteiger partial charge in [-0.3, -0.25) is 0 Å². The fraction of sp³-hybridized carbons (Fsp3) is 0.239. The largest absolute Gasteiger partial charge is 0.510 e. The molecule has 13 aromatic rings. The molecule has 1 aliphatic carbocycles. The Kier molecular flexibility index (Phi) is 9.91. The summed E-state index contributed by atoms with van der Waals surface area (Å²) in [5.74, 6) is -0.535. The van der Waals surface area contributed by atoms with Crippen molar-refractivity contribution >= 4 is 82.4 Å². The molecule has 6 nitrogen and oxygen atoms in total. The molecule has 8 aromatic carbocycles. The van der Waals surface area contributed by atoms with E-state index in [4.69, 9.17) is 16.6 Å². The Balaban J connectivity index is 0.00000769. The van der Waals surface area contributed by atoms with E-state index in [1.54, 1.807) is 54.8 Å². The zero-order valence-electron chi connectivity index (χ0n) is 56.1. The average molecular weight is 1210 g/mol. The Bertz CT molecular complexity index is 5100. The second-order valence-electron chi connectivity index (χ2n) is 23.0. The molecule has 0 N–H and O–H groups in total. The molecule has 0 radical (unpaired) electrons. The van der Waals surface area contributed by atoms with E-state index in [1.807, 2.05) is 127 Å². The molecule has 5 aromatic heterocycles. The van der Waals surface area contributed by atoms with Crippen molar-refractivity contribution < 1.29 is 45.0 Å². The summed E-state index contributed by atoms with van der Waals surface area (Å²) in [6.07, 6.45) is 1.12. The second-order valence-corrected chi connectivity index (χ2v) is 23.0. The topological polar surface area (TPSA) is 53.4 Å². The molecular weight excluding hydrogens is 1140 g/mol. The molecule has 0 amide bonds. The van der Waals surface area contributed by atoms with Gasteiger partial charge in [0.05, 0.1) is 9.60 Å². The number of hydrogen-bond acceptors (Lipinski definition) is 3. The number of pyridine rings is 1. The second kappa shape index (κ2) is 19.4. The SMILES string of the molecule is [2H]c1c([2H])c2c(c([2H])c1-c1cccc3c4ccccc4oc4ccc(cc4)c4cnc(cc4C([2H])([2H])C(C)(C)C)n4c5[c-]c(ccc5c5c([2H])c([2H])c([2H])c([2H])c54)oc4[c-]c(ccc4C([2H])([2H])C(C)C)n4[cH-]n(c13)-c1ccccc1-4)C(C)(C)CCC2(C)C.[Pt]. The number of rotatable bonds is 4. The van der Waals surface area contributed by atoms with Crippen molar-refractivity contribution in [2.45, 2.75) is 98.7 Å². The molecule has 0 fully saturated rings. The Morgan fingerprint density at radius 1 is 0.705 bits per heavy atom. The summed E-state index contributed by atoms with van der Waals surface area (Å²) < 4.78 is 125. The van der Waals surface area contributed by atoms with Crippen LogP contribution in [-0.2, 0) is 44.6 Å². The predicted octanol–water partition coefficient (Wildman–Crippen LogP) is 19.1. The molecule has 0 saturated carbocycles. The molecule has 15 rings (SSSR count). The number of aromatic nitrogens is 4. The van der Waals surface area contributed by atoms with E-state index in [0.29, 0.717) is 60.3 Å². The van der Waals surface area contributed by atoms with Crippen LogP contribution in [0.1, 0.15) is 112 Å². The van der Waals surface area contributed by atoms with E-state index >= 15 is 0 Å². The van der Waals surface area contributed by atoms with Gasteiger partial charge >= 0.3 is 0 Å². The van der Waals surface area contributed by atoms with Crippen molar-refractivity contribution in [1.82, 2.24) is 18.5 Å². The number of para-hydroxylation sites is 5. The molecule has 6 heterocycles. The van der Waals surface area contributed by atoms with E-state index in [1.165, 1.54) is 0 Å². The fourth-order valence-corrected chi connectivity index (χ4v) is 11.2. The smallest absolute Gasteiger partial charge is 0.135 e. The van der Waals surface area contributed by atoms with Crippen LogP contribution in [0.4, 0.5) is 0 Å². The summed E-state index contributed by atoms with van der Waals surface area (Å²) >= 11 is 0. The molecule has 0 atom stereocenters. The number of nitrogens with zero attached hydrogens (tertiary/aromatic N) is 4. The van der Waals surface area contributed by atoms with E-state index < -0.39 is 47.0 Å². The maximum atomic E-state index is 10.3. The molecule has 2 aliphatic rings. The quantitative estimate of drug-likeness (QED) is 0.165.